The first-order valence-corrected chi connectivity index (χ1v) is 6.52. The molecule has 1 fully saturated rings. The molecular formula is C15H24O. The molecular weight excluding hydrogens is 196 g/mol. The van der Waals surface area contributed by atoms with Crippen molar-refractivity contribution in [2.75, 3.05) is 13.2 Å². The van der Waals surface area contributed by atoms with Crippen molar-refractivity contribution in [3.05, 3.63) is 23.8 Å². The van der Waals surface area contributed by atoms with Crippen LogP contribution >= 0.6 is 0 Å². The fraction of sp³-hybridized carbons (Fsp3) is 0.733. The Kier molecular flexibility index (Phi) is 3.53. The fourth-order valence-electron chi connectivity index (χ4n) is 3.31. The summed E-state index contributed by atoms with van der Waals surface area (Å²) in [4.78, 5) is 0. The molecule has 0 bridgehead atoms. The highest BCUT2D eigenvalue weighted by Gasteiger charge is 2.35. The molecule has 1 aliphatic carbocycles. The van der Waals surface area contributed by atoms with Gasteiger partial charge in [0.25, 0.3) is 0 Å². The Labute approximate surface area is 99.6 Å². The van der Waals surface area contributed by atoms with E-state index in [9.17, 15) is 0 Å². The SMILES string of the molecule is CC(C)(C)C(C1=CC=CC1)C1CCOCC1. The molecule has 16 heavy (non-hydrogen) atoms. The summed E-state index contributed by atoms with van der Waals surface area (Å²) < 4.78 is 5.49. The molecule has 1 nitrogen and oxygen atoms in total. The molecule has 1 unspecified atom stereocenters. The van der Waals surface area contributed by atoms with Crippen LogP contribution in [-0.2, 0) is 4.74 Å². The standard InChI is InChI=1S/C15H24O/c1-15(2,3)14(12-6-4-5-7-12)13-8-10-16-11-9-13/h4-6,13-14H,7-11H2,1-3H3. The topological polar surface area (TPSA) is 9.23 Å². The maximum absolute atomic E-state index is 5.49. The molecule has 1 saturated heterocycles. The number of rotatable bonds is 2. The summed E-state index contributed by atoms with van der Waals surface area (Å²) in [5.74, 6) is 1.55. The number of ether oxygens (including phenoxy) is 1. The zero-order chi connectivity index (χ0) is 11.6. The lowest BCUT2D eigenvalue weighted by Gasteiger charge is -2.40. The second-order valence-electron chi connectivity index (χ2n) is 6.17. The molecule has 1 heterocycles. The summed E-state index contributed by atoms with van der Waals surface area (Å²) in [6.45, 7) is 9.06. The molecule has 0 amide bonds. The summed E-state index contributed by atoms with van der Waals surface area (Å²) in [5, 5.41) is 0. The average molecular weight is 220 g/mol. The van der Waals surface area contributed by atoms with Gasteiger partial charge in [0, 0.05) is 13.2 Å². The monoisotopic (exact) mass is 220 g/mol. The van der Waals surface area contributed by atoms with Gasteiger partial charge < -0.3 is 4.74 Å². The highest BCUT2D eigenvalue weighted by molar-refractivity contribution is 5.27. The third kappa shape index (κ3) is 2.57. The minimum atomic E-state index is 0.375. The first-order chi connectivity index (χ1) is 7.59. The first-order valence-electron chi connectivity index (χ1n) is 6.52. The summed E-state index contributed by atoms with van der Waals surface area (Å²) in [6.07, 6.45) is 10.5. The van der Waals surface area contributed by atoms with Crippen molar-refractivity contribution in [3.8, 4) is 0 Å². The number of allylic oxidation sites excluding steroid dienone is 4. The molecule has 0 spiro atoms. The zero-order valence-electron chi connectivity index (χ0n) is 10.8. The molecule has 0 aromatic heterocycles. The van der Waals surface area contributed by atoms with Gasteiger partial charge in [-0.15, -0.1) is 0 Å². The molecule has 0 saturated carbocycles. The van der Waals surface area contributed by atoms with Crippen molar-refractivity contribution < 1.29 is 4.74 Å². The van der Waals surface area contributed by atoms with E-state index in [1.807, 2.05) is 0 Å². The smallest absolute Gasteiger partial charge is 0.0468 e. The van der Waals surface area contributed by atoms with Gasteiger partial charge in [-0.25, -0.2) is 0 Å². The van der Waals surface area contributed by atoms with E-state index < -0.39 is 0 Å². The van der Waals surface area contributed by atoms with Crippen molar-refractivity contribution >= 4 is 0 Å². The average Bonchev–Trinajstić information content (AvgIpc) is 2.71. The first kappa shape index (κ1) is 11.9. The van der Waals surface area contributed by atoms with Gasteiger partial charge in [-0.2, -0.15) is 0 Å². The highest BCUT2D eigenvalue weighted by Crippen LogP contribution is 2.43. The van der Waals surface area contributed by atoms with Gasteiger partial charge in [0.2, 0.25) is 0 Å². The fourth-order valence-corrected chi connectivity index (χ4v) is 3.31. The van der Waals surface area contributed by atoms with Crippen LogP contribution in [0.4, 0.5) is 0 Å². The second-order valence-corrected chi connectivity index (χ2v) is 6.17. The van der Waals surface area contributed by atoms with E-state index in [-0.39, 0.29) is 0 Å². The molecule has 90 valence electrons. The molecule has 0 N–H and O–H groups in total. The maximum Gasteiger partial charge on any atom is 0.0468 e. The van der Waals surface area contributed by atoms with E-state index in [2.05, 4.69) is 39.0 Å². The Morgan fingerprint density at radius 1 is 1.25 bits per heavy atom. The van der Waals surface area contributed by atoms with Gasteiger partial charge in [0.1, 0.15) is 0 Å². The van der Waals surface area contributed by atoms with Crippen LogP contribution in [0, 0.1) is 17.3 Å². The van der Waals surface area contributed by atoms with Gasteiger partial charge >= 0.3 is 0 Å². The Bertz CT molecular complexity index is 287. The minimum absolute atomic E-state index is 0.375. The molecule has 1 heteroatoms. The molecule has 0 aromatic rings. The Morgan fingerprint density at radius 2 is 1.94 bits per heavy atom. The minimum Gasteiger partial charge on any atom is -0.381 e. The van der Waals surface area contributed by atoms with E-state index in [1.165, 1.54) is 19.3 Å². The Morgan fingerprint density at radius 3 is 2.44 bits per heavy atom. The molecule has 2 aliphatic rings. The predicted molar refractivity (Wildman–Crippen MR) is 68.3 cm³/mol. The van der Waals surface area contributed by atoms with Gasteiger partial charge in [-0.3, -0.25) is 0 Å². The quantitative estimate of drug-likeness (QED) is 0.684. The van der Waals surface area contributed by atoms with Gasteiger partial charge in [-0.1, -0.05) is 44.6 Å². The molecule has 2 rings (SSSR count). The lowest BCUT2D eigenvalue weighted by atomic mass is 9.67. The Balaban J connectivity index is 2.14. The molecule has 1 aliphatic heterocycles. The van der Waals surface area contributed by atoms with Gasteiger partial charge in [0.15, 0.2) is 0 Å². The molecule has 0 radical (unpaired) electrons. The lowest BCUT2D eigenvalue weighted by molar-refractivity contribution is 0.0310. The molecule has 0 aromatic carbocycles. The number of hydrogen-bond donors (Lipinski definition) is 0. The third-order valence-electron chi connectivity index (χ3n) is 3.87. The van der Waals surface area contributed by atoms with Crippen LogP contribution in [0.25, 0.3) is 0 Å². The zero-order valence-corrected chi connectivity index (χ0v) is 10.8. The van der Waals surface area contributed by atoms with E-state index in [4.69, 9.17) is 4.74 Å². The van der Waals surface area contributed by atoms with Crippen LogP contribution in [0.3, 0.4) is 0 Å². The summed E-state index contributed by atoms with van der Waals surface area (Å²) in [6, 6.07) is 0. The highest BCUT2D eigenvalue weighted by atomic mass is 16.5. The van der Waals surface area contributed by atoms with Crippen molar-refractivity contribution in [1.29, 1.82) is 0 Å². The number of hydrogen-bond acceptors (Lipinski definition) is 1. The van der Waals surface area contributed by atoms with Gasteiger partial charge in [0.05, 0.1) is 0 Å². The third-order valence-corrected chi connectivity index (χ3v) is 3.87. The van der Waals surface area contributed by atoms with Crippen molar-refractivity contribution in [2.24, 2.45) is 17.3 Å². The molecule has 1 atom stereocenters. The van der Waals surface area contributed by atoms with Crippen molar-refractivity contribution in [1.82, 2.24) is 0 Å². The van der Waals surface area contributed by atoms with Crippen LogP contribution in [-0.4, -0.2) is 13.2 Å². The van der Waals surface area contributed by atoms with Crippen molar-refractivity contribution in [2.45, 2.75) is 40.0 Å². The largest absolute Gasteiger partial charge is 0.381 e. The summed E-state index contributed by atoms with van der Waals surface area (Å²) in [5.41, 5.74) is 2.01. The normalized spacial score (nSPS) is 24.6. The van der Waals surface area contributed by atoms with Crippen LogP contribution in [0.15, 0.2) is 23.8 Å². The lowest BCUT2D eigenvalue weighted by Crippen LogP contribution is -2.33. The van der Waals surface area contributed by atoms with E-state index >= 15 is 0 Å². The van der Waals surface area contributed by atoms with Crippen LogP contribution in [0.5, 0.6) is 0 Å². The maximum atomic E-state index is 5.49. The van der Waals surface area contributed by atoms with Crippen molar-refractivity contribution in [3.63, 3.8) is 0 Å². The van der Waals surface area contributed by atoms with E-state index in [0.29, 0.717) is 5.41 Å². The summed E-state index contributed by atoms with van der Waals surface area (Å²) in [7, 11) is 0. The summed E-state index contributed by atoms with van der Waals surface area (Å²) >= 11 is 0. The predicted octanol–water partition coefficient (Wildman–Crippen LogP) is 3.96. The second kappa shape index (κ2) is 4.75. The van der Waals surface area contributed by atoms with Crippen LogP contribution < -0.4 is 0 Å². The van der Waals surface area contributed by atoms with E-state index in [1.54, 1.807) is 5.57 Å². The van der Waals surface area contributed by atoms with Crippen LogP contribution in [0.2, 0.25) is 0 Å². The van der Waals surface area contributed by atoms with E-state index in [0.717, 1.165) is 25.0 Å². The Hall–Kier alpha value is -0.560. The van der Waals surface area contributed by atoms with Crippen LogP contribution in [0.1, 0.15) is 40.0 Å². The van der Waals surface area contributed by atoms with Gasteiger partial charge in [-0.05, 0) is 36.5 Å².